The molecule has 0 bridgehead atoms. The maximum absolute atomic E-state index is 12.2. The Balaban J connectivity index is 2.09. The highest BCUT2D eigenvalue weighted by molar-refractivity contribution is 14.1. The summed E-state index contributed by atoms with van der Waals surface area (Å²) in [6.45, 7) is 0. The van der Waals surface area contributed by atoms with Gasteiger partial charge >= 0.3 is 0 Å². The molecule has 1 amide bonds. The molecule has 0 unspecified atom stereocenters. The lowest BCUT2D eigenvalue weighted by Gasteiger charge is -2.29. The normalized spacial score (nSPS) is 23.7. The van der Waals surface area contributed by atoms with Gasteiger partial charge in [0, 0.05) is 20.1 Å². The van der Waals surface area contributed by atoms with E-state index in [0.717, 1.165) is 27.3 Å². The predicted molar refractivity (Wildman–Crippen MR) is 84.6 cm³/mol. The number of rotatable bonds is 2. The average Bonchev–Trinajstić information content (AvgIpc) is 2.35. The molecule has 0 heterocycles. The Kier molecular flexibility index (Phi) is 5.03. The van der Waals surface area contributed by atoms with Gasteiger partial charge in [-0.1, -0.05) is 12.8 Å². The van der Waals surface area contributed by atoms with Crippen molar-refractivity contribution >= 4 is 44.4 Å². The fourth-order valence-electron chi connectivity index (χ4n) is 2.26. The van der Waals surface area contributed by atoms with Gasteiger partial charge in [-0.3, -0.25) is 4.79 Å². The van der Waals surface area contributed by atoms with Crippen LogP contribution in [0.5, 0.6) is 0 Å². The lowest BCUT2D eigenvalue weighted by molar-refractivity contribution is 0.0920. The second-order valence-electron chi connectivity index (χ2n) is 4.65. The molecular formula is C13H16BrIN2O. The maximum Gasteiger partial charge on any atom is 0.252 e. The Hall–Kier alpha value is -0.140. The van der Waals surface area contributed by atoms with Gasteiger partial charge in [0.2, 0.25) is 0 Å². The van der Waals surface area contributed by atoms with Crippen LogP contribution in [-0.2, 0) is 0 Å². The number of hydrogen-bond acceptors (Lipinski definition) is 2. The summed E-state index contributed by atoms with van der Waals surface area (Å²) in [5.41, 5.74) is 6.73. The minimum absolute atomic E-state index is 0.0391. The van der Waals surface area contributed by atoms with Gasteiger partial charge in [-0.15, -0.1) is 0 Å². The number of amides is 1. The molecule has 98 valence electrons. The molecule has 5 heteroatoms. The number of nitrogens with one attached hydrogen (secondary N) is 1. The molecule has 0 saturated heterocycles. The summed E-state index contributed by atoms with van der Waals surface area (Å²) in [5, 5.41) is 3.06. The van der Waals surface area contributed by atoms with Crippen molar-refractivity contribution in [2.45, 2.75) is 37.8 Å². The van der Waals surface area contributed by atoms with Gasteiger partial charge in [-0.25, -0.2) is 0 Å². The number of benzene rings is 1. The average molecular weight is 423 g/mol. The van der Waals surface area contributed by atoms with E-state index >= 15 is 0 Å². The zero-order valence-corrected chi connectivity index (χ0v) is 13.7. The second-order valence-corrected chi connectivity index (χ2v) is 6.75. The summed E-state index contributed by atoms with van der Waals surface area (Å²) in [7, 11) is 0. The van der Waals surface area contributed by atoms with E-state index in [4.69, 9.17) is 5.73 Å². The summed E-state index contributed by atoms with van der Waals surface area (Å²) < 4.78 is 1.87. The van der Waals surface area contributed by atoms with Crippen molar-refractivity contribution in [2.75, 3.05) is 0 Å². The first-order valence-corrected chi connectivity index (χ1v) is 7.96. The number of carbonyl (C=O) groups excluding carboxylic acids is 1. The standard InChI is InChI=1S/C13H16BrIN2O/c14-10-6-5-8(15)7-9(10)13(18)17-12-4-2-1-3-11(12)16/h5-7,11-12H,1-4,16H2,(H,17,18)/t11-,12-/m1/s1. The molecule has 0 radical (unpaired) electrons. The van der Waals surface area contributed by atoms with Gasteiger partial charge < -0.3 is 11.1 Å². The molecular weight excluding hydrogens is 407 g/mol. The van der Waals surface area contributed by atoms with Crippen LogP contribution in [0.2, 0.25) is 0 Å². The molecule has 0 aromatic heterocycles. The highest BCUT2D eigenvalue weighted by Gasteiger charge is 2.24. The van der Waals surface area contributed by atoms with Crippen LogP contribution in [0.15, 0.2) is 22.7 Å². The Labute approximate surface area is 129 Å². The summed E-state index contributed by atoms with van der Waals surface area (Å²) in [6, 6.07) is 5.94. The zero-order chi connectivity index (χ0) is 13.1. The summed E-state index contributed by atoms with van der Waals surface area (Å²) in [4.78, 5) is 12.2. The molecule has 3 N–H and O–H groups in total. The molecule has 0 aliphatic heterocycles. The van der Waals surface area contributed by atoms with Crippen LogP contribution in [0, 0.1) is 3.57 Å². The number of hydrogen-bond donors (Lipinski definition) is 2. The Morgan fingerprint density at radius 2 is 2.11 bits per heavy atom. The molecule has 1 aliphatic rings. The predicted octanol–water partition coefficient (Wildman–Crippen LogP) is 3.05. The van der Waals surface area contributed by atoms with Crippen molar-refractivity contribution in [3.05, 3.63) is 31.8 Å². The highest BCUT2D eigenvalue weighted by Crippen LogP contribution is 2.21. The van der Waals surface area contributed by atoms with Crippen molar-refractivity contribution in [1.29, 1.82) is 0 Å². The van der Waals surface area contributed by atoms with E-state index < -0.39 is 0 Å². The lowest BCUT2D eigenvalue weighted by atomic mass is 9.91. The third kappa shape index (κ3) is 3.45. The van der Waals surface area contributed by atoms with Gasteiger partial charge in [0.05, 0.1) is 5.56 Å². The van der Waals surface area contributed by atoms with Gasteiger partial charge in [-0.05, 0) is 69.6 Å². The number of nitrogens with two attached hydrogens (primary N) is 1. The zero-order valence-electron chi connectivity index (χ0n) is 9.96. The van der Waals surface area contributed by atoms with Crippen molar-refractivity contribution in [3.63, 3.8) is 0 Å². The minimum atomic E-state index is -0.0391. The fraction of sp³-hybridized carbons (Fsp3) is 0.462. The topological polar surface area (TPSA) is 55.1 Å². The van der Waals surface area contributed by atoms with E-state index in [2.05, 4.69) is 43.8 Å². The number of carbonyl (C=O) groups is 1. The van der Waals surface area contributed by atoms with Crippen LogP contribution in [0.4, 0.5) is 0 Å². The van der Waals surface area contributed by atoms with E-state index in [9.17, 15) is 4.79 Å². The summed E-state index contributed by atoms with van der Waals surface area (Å²) >= 11 is 5.62. The van der Waals surface area contributed by atoms with E-state index in [0.29, 0.717) is 5.56 Å². The van der Waals surface area contributed by atoms with Crippen LogP contribution in [-0.4, -0.2) is 18.0 Å². The Bertz CT molecular complexity index is 453. The van der Waals surface area contributed by atoms with Gasteiger partial charge in [0.25, 0.3) is 5.91 Å². The highest BCUT2D eigenvalue weighted by atomic mass is 127. The van der Waals surface area contributed by atoms with Gasteiger partial charge in [0.1, 0.15) is 0 Å². The largest absolute Gasteiger partial charge is 0.348 e. The first kappa shape index (κ1) is 14.3. The third-order valence-electron chi connectivity index (χ3n) is 3.31. The van der Waals surface area contributed by atoms with Gasteiger partial charge in [0.15, 0.2) is 0 Å². The molecule has 0 spiro atoms. The lowest BCUT2D eigenvalue weighted by Crippen LogP contribution is -2.49. The van der Waals surface area contributed by atoms with E-state index in [1.165, 1.54) is 6.42 Å². The summed E-state index contributed by atoms with van der Waals surface area (Å²) in [5.74, 6) is -0.0391. The Morgan fingerprint density at radius 1 is 1.39 bits per heavy atom. The minimum Gasteiger partial charge on any atom is -0.348 e. The fourth-order valence-corrected chi connectivity index (χ4v) is 3.17. The smallest absolute Gasteiger partial charge is 0.252 e. The second kappa shape index (κ2) is 6.34. The molecule has 1 aromatic rings. The quantitative estimate of drug-likeness (QED) is 0.719. The van der Waals surface area contributed by atoms with E-state index in [-0.39, 0.29) is 18.0 Å². The van der Waals surface area contributed by atoms with Crippen LogP contribution >= 0.6 is 38.5 Å². The van der Waals surface area contributed by atoms with E-state index in [1.54, 1.807) is 0 Å². The number of halogens is 2. The molecule has 18 heavy (non-hydrogen) atoms. The molecule has 2 atom stereocenters. The first-order chi connectivity index (χ1) is 8.58. The molecule has 1 aliphatic carbocycles. The van der Waals surface area contributed by atoms with Crippen molar-refractivity contribution in [2.24, 2.45) is 5.73 Å². The monoisotopic (exact) mass is 422 g/mol. The molecule has 2 rings (SSSR count). The van der Waals surface area contributed by atoms with Crippen molar-refractivity contribution < 1.29 is 4.79 Å². The SMILES string of the molecule is N[C@@H]1CCCC[C@H]1NC(=O)c1cc(I)ccc1Br. The molecule has 3 nitrogen and oxygen atoms in total. The Morgan fingerprint density at radius 3 is 2.83 bits per heavy atom. The van der Waals surface area contributed by atoms with E-state index in [1.807, 2.05) is 18.2 Å². The van der Waals surface area contributed by atoms with Crippen LogP contribution in [0.1, 0.15) is 36.0 Å². The molecule has 1 fully saturated rings. The van der Waals surface area contributed by atoms with Crippen molar-refractivity contribution in [3.8, 4) is 0 Å². The maximum atomic E-state index is 12.2. The first-order valence-electron chi connectivity index (χ1n) is 6.09. The van der Waals surface area contributed by atoms with Crippen LogP contribution < -0.4 is 11.1 Å². The third-order valence-corrected chi connectivity index (χ3v) is 4.67. The summed E-state index contributed by atoms with van der Waals surface area (Å²) in [6.07, 6.45) is 4.29. The molecule has 1 aromatic carbocycles. The molecule has 1 saturated carbocycles. The van der Waals surface area contributed by atoms with Gasteiger partial charge in [-0.2, -0.15) is 0 Å². The van der Waals surface area contributed by atoms with Crippen LogP contribution in [0.25, 0.3) is 0 Å². The van der Waals surface area contributed by atoms with Crippen molar-refractivity contribution in [1.82, 2.24) is 5.32 Å². The van der Waals surface area contributed by atoms with Crippen LogP contribution in [0.3, 0.4) is 0 Å².